The molecule has 0 bridgehead atoms. The van der Waals surface area contributed by atoms with Gasteiger partial charge < -0.3 is 9.84 Å². The first-order chi connectivity index (χ1) is 9.26. The van der Waals surface area contributed by atoms with Crippen molar-refractivity contribution in [2.45, 2.75) is 27.2 Å². The van der Waals surface area contributed by atoms with Crippen LogP contribution in [0, 0.1) is 6.92 Å². The third kappa shape index (κ3) is 4.03. The second-order valence-corrected chi connectivity index (χ2v) is 3.15. The molecule has 0 spiro atoms. The summed E-state index contributed by atoms with van der Waals surface area (Å²) in [6.07, 6.45) is 0.485. The summed E-state index contributed by atoms with van der Waals surface area (Å²) >= 11 is 0. The Morgan fingerprint density at radius 1 is 1.26 bits per heavy atom. The normalized spacial score (nSPS) is 9.11. The van der Waals surface area contributed by atoms with Crippen molar-refractivity contribution >= 4 is 11.0 Å². The van der Waals surface area contributed by atoms with Crippen molar-refractivity contribution < 1.29 is 9.84 Å². The first kappa shape index (κ1) is 17.1. The van der Waals surface area contributed by atoms with Crippen LogP contribution in [0.3, 0.4) is 0 Å². The summed E-state index contributed by atoms with van der Waals surface area (Å²) in [7, 11) is 1.55. The number of fused-ring (bicyclic) bond motifs is 1. The van der Waals surface area contributed by atoms with Gasteiger partial charge in [0, 0.05) is 13.0 Å². The second-order valence-electron chi connectivity index (χ2n) is 3.15. The number of hydrogen-bond acceptors (Lipinski definition) is 5. The monoisotopic (exact) mass is 266 g/mol. The van der Waals surface area contributed by atoms with Crippen LogP contribution in [0.4, 0.5) is 0 Å². The zero-order valence-electron chi connectivity index (χ0n) is 12.0. The molecule has 106 valence electrons. The highest BCUT2D eigenvalue weighted by atomic mass is 16.5. The van der Waals surface area contributed by atoms with Gasteiger partial charge in [-0.15, -0.1) is 13.2 Å². The summed E-state index contributed by atoms with van der Waals surface area (Å²) in [6, 6.07) is 0. The van der Waals surface area contributed by atoms with Crippen LogP contribution in [0.25, 0.3) is 11.0 Å². The smallest absolute Gasteiger partial charge is 0.228 e. The van der Waals surface area contributed by atoms with Gasteiger partial charge in [0.25, 0.3) is 0 Å². The molecule has 0 saturated heterocycles. The van der Waals surface area contributed by atoms with E-state index in [1.807, 2.05) is 13.8 Å². The number of aryl methyl sites for hydroxylation is 1. The maximum atomic E-state index is 8.89. The summed E-state index contributed by atoms with van der Waals surface area (Å²) in [5.74, 6) is 1.11. The second kappa shape index (κ2) is 9.04. The molecule has 0 saturated carbocycles. The first-order valence-corrected chi connectivity index (χ1v) is 6.12. The van der Waals surface area contributed by atoms with Gasteiger partial charge in [0.15, 0.2) is 5.65 Å². The van der Waals surface area contributed by atoms with Gasteiger partial charge >= 0.3 is 0 Å². The van der Waals surface area contributed by atoms with Crippen molar-refractivity contribution in [2.24, 2.45) is 0 Å². The van der Waals surface area contributed by atoms with Gasteiger partial charge in [-0.3, -0.25) is 5.10 Å². The van der Waals surface area contributed by atoms with Crippen molar-refractivity contribution in [1.82, 2.24) is 20.2 Å². The molecule has 2 heterocycles. The fourth-order valence-electron chi connectivity index (χ4n) is 1.49. The Bertz CT molecular complexity index is 497. The van der Waals surface area contributed by atoms with Gasteiger partial charge in [0.05, 0.1) is 12.8 Å². The minimum absolute atomic E-state index is 0.0499. The van der Waals surface area contributed by atoms with E-state index in [1.54, 1.807) is 14.0 Å². The lowest BCUT2D eigenvalue weighted by Crippen LogP contribution is -1.97. The highest BCUT2D eigenvalue weighted by Crippen LogP contribution is 2.24. The molecule has 2 N–H and O–H groups in total. The van der Waals surface area contributed by atoms with E-state index >= 15 is 0 Å². The summed E-state index contributed by atoms with van der Waals surface area (Å²) in [5.41, 5.74) is 1.37. The SMILES string of the molecule is C=C.CC.COc1nc(C)nc2n[nH]c(CCO)c12. The molecule has 2 aromatic rings. The molecule has 2 aromatic heterocycles. The molecule has 0 amide bonds. The van der Waals surface area contributed by atoms with Crippen molar-refractivity contribution in [1.29, 1.82) is 0 Å². The fraction of sp³-hybridized carbons (Fsp3) is 0.462. The van der Waals surface area contributed by atoms with E-state index in [-0.39, 0.29) is 6.61 Å². The summed E-state index contributed by atoms with van der Waals surface area (Å²) < 4.78 is 5.16. The number of ether oxygens (including phenoxy) is 1. The Balaban J connectivity index is 0.000000741. The third-order valence-electron chi connectivity index (χ3n) is 2.12. The van der Waals surface area contributed by atoms with Crippen LogP contribution < -0.4 is 4.74 Å². The molecule has 0 radical (unpaired) electrons. The Morgan fingerprint density at radius 2 is 1.89 bits per heavy atom. The molecule has 0 aliphatic rings. The van der Waals surface area contributed by atoms with Crippen LogP contribution in [0.2, 0.25) is 0 Å². The minimum atomic E-state index is 0.0499. The molecule has 0 aliphatic heterocycles. The zero-order chi connectivity index (χ0) is 14.8. The van der Waals surface area contributed by atoms with E-state index in [2.05, 4.69) is 33.3 Å². The van der Waals surface area contributed by atoms with Gasteiger partial charge in [-0.25, -0.2) is 4.98 Å². The van der Waals surface area contributed by atoms with Crippen molar-refractivity contribution in [2.75, 3.05) is 13.7 Å². The number of aliphatic hydroxyl groups excluding tert-OH is 1. The van der Waals surface area contributed by atoms with Crippen LogP contribution in [0.15, 0.2) is 13.2 Å². The fourth-order valence-corrected chi connectivity index (χ4v) is 1.49. The summed E-state index contributed by atoms with van der Waals surface area (Å²) in [6.45, 7) is 11.8. The van der Waals surface area contributed by atoms with E-state index in [1.165, 1.54) is 0 Å². The molecule has 19 heavy (non-hydrogen) atoms. The van der Waals surface area contributed by atoms with E-state index in [0.29, 0.717) is 23.8 Å². The van der Waals surface area contributed by atoms with Crippen molar-refractivity contribution in [3.63, 3.8) is 0 Å². The average Bonchev–Trinajstić information content (AvgIpc) is 2.86. The molecule has 6 nitrogen and oxygen atoms in total. The predicted octanol–water partition coefficient (Wildman–Crippen LogP) is 2.03. The number of methoxy groups -OCH3 is 1. The molecule has 0 atom stereocenters. The molecular weight excluding hydrogens is 244 g/mol. The number of aliphatic hydroxyl groups is 1. The molecule has 6 heteroatoms. The number of hydrogen-bond donors (Lipinski definition) is 2. The van der Waals surface area contributed by atoms with Crippen LogP contribution in [0.5, 0.6) is 5.88 Å². The van der Waals surface area contributed by atoms with Gasteiger partial charge in [-0.05, 0) is 6.92 Å². The third-order valence-corrected chi connectivity index (χ3v) is 2.12. The molecule has 0 unspecified atom stereocenters. The van der Waals surface area contributed by atoms with E-state index in [0.717, 1.165) is 11.1 Å². The number of nitrogens with one attached hydrogen (secondary N) is 1. The van der Waals surface area contributed by atoms with Gasteiger partial charge in [-0.2, -0.15) is 10.1 Å². The van der Waals surface area contributed by atoms with Crippen LogP contribution in [0.1, 0.15) is 25.4 Å². The molecule has 0 aliphatic carbocycles. The number of aromatic amines is 1. The molecular formula is C13H22N4O2. The Morgan fingerprint density at radius 3 is 2.42 bits per heavy atom. The largest absolute Gasteiger partial charge is 0.480 e. The Labute approximate surface area is 113 Å². The molecule has 0 fully saturated rings. The van der Waals surface area contributed by atoms with Crippen LogP contribution in [-0.2, 0) is 6.42 Å². The number of nitrogens with zero attached hydrogens (tertiary/aromatic N) is 3. The van der Waals surface area contributed by atoms with E-state index in [4.69, 9.17) is 9.84 Å². The van der Waals surface area contributed by atoms with Crippen molar-refractivity contribution in [3.05, 3.63) is 24.7 Å². The van der Waals surface area contributed by atoms with Crippen molar-refractivity contribution in [3.8, 4) is 5.88 Å². The summed E-state index contributed by atoms with van der Waals surface area (Å²) in [5, 5.41) is 16.5. The molecule has 0 aromatic carbocycles. The number of aromatic nitrogens is 4. The Kier molecular flexibility index (Phi) is 8.12. The van der Waals surface area contributed by atoms with Gasteiger partial charge in [-0.1, -0.05) is 13.8 Å². The Hall–Kier alpha value is -1.95. The number of H-pyrrole nitrogens is 1. The number of rotatable bonds is 3. The van der Waals surface area contributed by atoms with Gasteiger partial charge in [0.2, 0.25) is 5.88 Å². The summed E-state index contributed by atoms with van der Waals surface area (Å²) in [4.78, 5) is 8.33. The van der Waals surface area contributed by atoms with E-state index in [9.17, 15) is 0 Å². The van der Waals surface area contributed by atoms with Crippen LogP contribution >= 0.6 is 0 Å². The highest BCUT2D eigenvalue weighted by molar-refractivity contribution is 5.83. The van der Waals surface area contributed by atoms with Gasteiger partial charge in [0.1, 0.15) is 11.2 Å². The van der Waals surface area contributed by atoms with Crippen LogP contribution in [-0.4, -0.2) is 39.0 Å². The zero-order valence-corrected chi connectivity index (χ0v) is 12.0. The first-order valence-electron chi connectivity index (χ1n) is 6.12. The maximum Gasteiger partial charge on any atom is 0.228 e. The van der Waals surface area contributed by atoms with E-state index < -0.39 is 0 Å². The lowest BCUT2D eigenvalue weighted by atomic mass is 10.2. The maximum absolute atomic E-state index is 8.89. The predicted molar refractivity (Wildman–Crippen MR) is 76.4 cm³/mol. The molecule has 2 rings (SSSR count). The average molecular weight is 266 g/mol. The topological polar surface area (TPSA) is 83.9 Å². The minimum Gasteiger partial charge on any atom is -0.480 e. The lowest BCUT2D eigenvalue weighted by molar-refractivity contribution is 0.298. The lowest BCUT2D eigenvalue weighted by Gasteiger charge is -2.02. The standard InChI is InChI=1S/C9H12N4O2.C2H6.C2H4/c1-5-10-8-7(9(11-5)15-2)6(3-4-14)12-13-8;2*1-2/h14H,3-4H2,1-2H3,(H,10,11,12,13);1-2H3;1-2H2. The highest BCUT2D eigenvalue weighted by Gasteiger charge is 2.13. The quantitative estimate of drug-likeness (QED) is 0.830.